The topological polar surface area (TPSA) is 41.1 Å². The van der Waals surface area contributed by atoms with E-state index in [9.17, 15) is 0 Å². The van der Waals surface area contributed by atoms with Crippen molar-refractivity contribution in [1.29, 1.82) is 0 Å². The van der Waals surface area contributed by atoms with Gasteiger partial charge in [0.2, 0.25) is 0 Å². The third-order valence-corrected chi connectivity index (χ3v) is 3.80. The predicted molar refractivity (Wildman–Crippen MR) is 84.2 cm³/mol. The molecule has 19 heavy (non-hydrogen) atoms. The molecule has 0 spiro atoms. The Morgan fingerprint density at radius 2 is 1.95 bits per heavy atom. The molecule has 1 N–H and O–H groups in total. The minimum absolute atomic E-state index is 0.894. The molecule has 0 aliphatic carbocycles. The van der Waals surface area contributed by atoms with Crippen LogP contribution in [-0.2, 0) is 6.42 Å². The number of nitrogens with zero attached hydrogens (tertiary/aromatic N) is 3. The van der Waals surface area contributed by atoms with Gasteiger partial charge < -0.3 is 10.2 Å². The molecular formula is C14H26N4S. The lowest BCUT2D eigenvalue weighted by Gasteiger charge is -2.14. The van der Waals surface area contributed by atoms with Crippen LogP contribution in [0.1, 0.15) is 31.7 Å². The molecule has 0 atom stereocenters. The molecule has 1 aromatic heterocycles. The van der Waals surface area contributed by atoms with Gasteiger partial charge >= 0.3 is 0 Å². The summed E-state index contributed by atoms with van der Waals surface area (Å²) in [5.41, 5.74) is 1.17. The smallest absolute Gasteiger partial charge is 0.133 e. The Balaban J connectivity index is 2.86. The van der Waals surface area contributed by atoms with E-state index >= 15 is 0 Å². The van der Waals surface area contributed by atoms with Crippen molar-refractivity contribution >= 4 is 17.6 Å². The van der Waals surface area contributed by atoms with Gasteiger partial charge in [-0.2, -0.15) is 0 Å². The number of thioether (sulfide) groups is 1. The zero-order valence-corrected chi connectivity index (χ0v) is 13.6. The van der Waals surface area contributed by atoms with Crippen LogP contribution in [0.3, 0.4) is 0 Å². The number of aromatic nitrogens is 2. The van der Waals surface area contributed by atoms with Crippen LogP contribution in [0.2, 0.25) is 0 Å². The van der Waals surface area contributed by atoms with Gasteiger partial charge in [0.1, 0.15) is 16.7 Å². The average molecular weight is 282 g/mol. The fourth-order valence-electron chi connectivity index (χ4n) is 1.68. The van der Waals surface area contributed by atoms with Crippen LogP contribution in [0.4, 0.5) is 5.82 Å². The number of hydrogen-bond donors (Lipinski definition) is 1. The van der Waals surface area contributed by atoms with E-state index in [1.807, 2.05) is 11.8 Å². The van der Waals surface area contributed by atoms with E-state index in [-0.39, 0.29) is 0 Å². The van der Waals surface area contributed by atoms with Gasteiger partial charge in [0.05, 0.1) is 0 Å². The maximum atomic E-state index is 4.70. The molecule has 0 aliphatic rings. The summed E-state index contributed by atoms with van der Waals surface area (Å²) in [5, 5.41) is 4.46. The summed E-state index contributed by atoms with van der Waals surface area (Å²) in [4.78, 5) is 11.5. The molecule has 4 nitrogen and oxygen atoms in total. The Kier molecular flexibility index (Phi) is 7.16. The molecule has 0 saturated carbocycles. The van der Waals surface area contributed by atoms with Crippen LogP contribution in [0.5, 0.6) is 0 Å². The van der Waals surface area contributed by atoms with Crippen molar-refractivity contribution in [3.8, 4) is 0 Å². The highest BCUT2D eigenvalue weighted by Gasteiger charge is 2.10. The first-order valence-electron chi connectivity index (χ1n) is 6.97. The van der Waals surface area contributed by atoms with Gasteiger partial charge in [-0.25, -0.2) is 9.97 Å². The summed E-state index contributed by atoms with van der Waals surface area (Å²) in [6.45, 7) is 8.32. The molecular weight excluding hydrogens is 256 g/mol. The van der Waals surface area contributed by atoms with Crippen LogP contribution < -0.4 is 5.32 Å². The van der Waals surface area contributed by atoms with Crippen molar-refractivity contribution in [3.63, 3.8) is 0 Å². The number of nitrogens with one attached hydrogen (secondary N) is 1. The van der Waals surface area contributed by atoms with Gasteiger partial charge in [-0.3, -0.25) is 0 Å². The molecule has 0 fully saturated rings. The van der Waals surface area contributed by atoms with E-state index in [1.54, 1.807) is 0 Å². The van der Waals surface area contributed by atoms with Crippen molar-refractivity contribution in [2.45, 2.75) is 38.6 Å². The minimum Gasteiger partial charge on any atom is -0.370 e. The minimum atomic E-state index is 0.894. The van der Waals surface area contributed by atoms with Crippen molar-refractivity contribution in [2.24, 2.45) is 0 Å². The first kappa shape index (κ1) is 16.2. The molecule has 0 radical (unpaired) electrons. The lowest BCUT2D eigenvalue weighted by Crippen LogP contribution is -2.15. The molecule has 0 aliphatic heterocycles. The van der Waals surface area contributed by atoms with Gasteiger partial charge in [0, 0.05) is 30.8 Å². The van der Waals surface area contributed by atoms with Crippen molar-refractivity contribution in [1.82, 2.24) is 14.9 Å². The second-order valence-corrected chi connectivity index (χ2v) is 5.93. The van der Waals surface area contributed by atoms with Gasteiger partial charge in [-0.1, -0.05) is 6.92 Å². The molecule has 5 heteroatoms. The maximum Gasteiger partial charge on any atom is 0.133 e. The Morgan fingerprint density at radius 3 is 2.53 bits per heavy atom. The SMILES string of the molecule is CCCc1nc(NCC)c(C)c(SCCN(C)C)n1. The summed E-state index contributed by atoms with van der Waals surface area (Å²) in [6, 6.07) is 0. The average Bonchev–Trinajstić information content (AvgIpc) is 2.34. The molecule has 0 unspecified atom stereocenters. The fourth-order valence-corrected chi connectivity index (χ4v) is 2.81. The molecule has 0 amide bonds. The maximum absolute atomic E-state index is 4.70. The third-order valence-electron chi connectivity index (χ3n) is 2.74. The Morgan fingerprint density at radius 1 is 1.21 bits per heavy atom. The molecule has 0 bridgehead atoms. The lowest BCUT2D eigenvalue weighted by molar-refractivity contribution is 0.437. The summed E-state index contributed by atoms with van der Waals surface area (Å²) in [6.07, 6.45) is 2.02. The van der Waals surface area contributed by atoms with Crippen molar-refractivity contribution in [2.75, 3.05) is 38.3 Å². The molecule has 1 aromatic rings. The number of hydrogen-bond acceptors (Lipinski definition) is 5. The van der Waals surface area contributed by atoms with Crippen LogP contribution in [0.25, 0.3) is 0 Å². The van der Waals surface area contributed by atoms with Crippen LogP contribution in [0, 0.1) is 6.92 Å². The normalized spacial score (nSPS) is 11.1. The van der Waals surface area contributed by atoms with Crippen LogP contribution in [-0.4, -0.2) is 47.8 Å². The molecule has 0 aromatic carbocycles. The van der Waals surface area contributed by atoms with Gasteiger partial charge in [-0.05, 0) is 34.4 Å². The van der Waals surface area contributed by atoms with Crippen LogP contribution >= 0.6 is 11.8 Å². The first-order chi connectivity index (χ1) is 9.08. The van der Waals surface area contributed by atoms with E-state index in [2.05, 4.69) is 50.1 Å². The summed E-state index contributed by atoms with van der Waals surface area (Å²) < 4.78 is 0. The molecule has 0 saturated heterocycles. The Bertz CT molecular complexity index is 393. The largest absolute Gasteiger partial charge is 0.370 e. The highest BCUT2D eigenvalue weighted by molar-refractivity contribution is 7.99. The second-order valence-electron chi connectivity index (χ2n) is 4.85. The standard InChI is InChI=1S/C14H26N4S/c1-6-8-12-16-13(15-7-2)11(3)14(17-12)19-10-9-18(4)5/h6-10H2,1-5H3,(H,15,16,17). The Labute approximate surface area is 121 Å². The van der Waals surface area contributed by atoms with E-state index < -0.39 is 0 Å². The van der Waals surface area contributed by atoms with Gasteiger partial charge in [0.25, 0.3) is 0 Å². The number of anilines is 1. The molecule has 1 heterocycles. The van der Waals surface area contributed by atoms with Gasteiger partial charge in [0.15, 0.2) is 0 Å². The number of rotatable bonds is 8. The van der Waals surface area contributed by atoms with E-state index in [4.69, 9.17) is 4.98 Å². The van der Waals surface area contributed by atoms with E-state index in [1.165, 1.54) is 5.56 Å². The third kappa shape index (κ3) is 5.37. The predicted octanol–water partition coefficient (Wildman–Crippen LogP) is 2.82. The van der Waals surface area contributed by atoms with E-state index in [0.717, 1.165) is 48.4 Å². The first-order valence-corrected chi connectivity index (χ1v) is 7.95. The van der Waals surface area contributed by atoms with E-state index in [0.29, 0.717) is 0 Å². The second kappa shape index (κ2) is 8.38. The zero-order chi connectivity index (χ0) is 14.3. The summed E-state index contributed by atoms with van der Waals surface area (Å²) in [5.74, 6) is 3.01. The number of aryl methyl sites for hydroxylation is 1. The highest BCUT2D eigenvalue weighted by atomic mass is 32.2. The fraction of sp³-hybridized carbons (Fsp3) is 0.714. The lowest BCUT2D eigenvalue weighted by atomic mass is 10.3. The quantitative estimate of drug-likeness (QED) is 0.586. The summed E-state index contributed by atoms with van der Waals surface area (Å²) >= 11 is 1.82. The Hall–Kier alpha value is -0.810. The van der Waals surface area contributed by atoms with Crippen molar-refractivity contribution in [3.05, 3.63) is 11.4 Å². The van der Waals surface area contributed by atoms with Crippen LogP contribution in [0.15, 0.2) is 5.03 Å². The van der Waals surface area contributed by atoms with Gasteiger partial charge in [-0.15, -0.1) is 11.8 Å². The summed E-state index contributed by atoms with van der Waals surface area (Å²) in [7, 11) is 4.19. The highest BCUT2D eigenvalue weighted by Crippen LogP contribution is 2.25. The molecule has 108 valence electrons. The van der Waals surface area contributed by atoms with Crippen molar-refractivity contribution < 1.29 is 0 Å². The monoisotopic (exact) mass is 282 g/mol. The zero-order valence-electron chi connectivity index (χ0n) is 12.8. The molecule has 1 rings (SSSR count).